The summed E-state index contributed by atoms with van der Waals surface area (Å²) in [5.74, 6) is -1.09. The van der Waals surface area contributed by atoms with E-state index in [9.17, 15) is 14.0 Å². The Labute approximate surface area is 154 Å². The van der Waals surface area contributed by atoms with Crippen LogP contribution in [-0.4, -0.2) is 29.0 Å². The number of amides is 1. The molecule has 3 rings (SSSR count). The lowest BCUT2D eigenvalue weighted by molar-refractivity contribution is 0.0600. The number of methoxy groups -OCH3 is 1. The Morgan fingerprint density at radius 2 is 1.67 bits per heavy atom. The van der Waals surface area contributed by atoms with Crippen molar-refractivity contribution in [2.45, 2.75) is 0 Å². The van der Waals surface area contributed by atoms with Gasteiger partial charge in [-0.1, -0.05) is 12.1 Å². The average molecular weight is 366 g/mol. The first-order valence-electron chi connectivity index (χ1n) is 7.89. The number of nitrogens with one attached hydrogen (secondary N) is 2. The summed E-state index contributed by atoms with van der Waals surface area (Å²) in [6.45, 7) is 0. The maximum atomic E-state index is 13.2. The number of aromatic nitrogens is 2. The van der Waals surface area contributed by atoms with E-state index in [0.29, 0.717) is 16.9 Å². The van der Waals surface area contributed by atoms with Crippen LogP contribution in [0, 0.1) is 5.82 Å². The van der Waals surface area contributed by atoms with Gasteiger partial charge in [-0.2, -0.15) is 0 Å². The number of ether oxygens (including phenoxy) is 1. The molecule has 0 bridgehead atoms. The van der Waals surface area contributed by atoms with Crippen molar-refractivity contribution in [1.82, 2.24) is 9.97 Å². The monoisotopic (exact) mass is 366 g/mol. The number of anilines is 3. The molecule has 0 aliphatic rings. The second kappa shape index (κ2) is 8.05. The number of nitrogens with zero attached hydrogens (tertiary/aromatic N) is 2. The first kappa shape index (κ1) is 18.0. The molecule has 8 heteroatoms. The molecule has 0 unspecified atom stereocenters. The zero-order valence-electron chi connectivity index (χ0n) is 14.3. The highest BCUT2D eigenvalue weighted by Crippen LogP contribution is 2.15. The number of rotatable bonds is 5. The van der Waals surface area contributed by atoms with Gasteiger partial charge in [0.25, 0.3) is 5.91 Å². The van der Waals surface area contributed by atoms with Crippen molar-refractivity contribution in [2.24, 2.45) is 0 Å². The van der Waals surface area contributed by atoms with E-state index in [0.717, 1.165) is 0 Å². The van der Waals surface area contributed by atoms with E-state index in [1.165, 1.54) is 37.7 Å². The van der Waals surface area contributed by atoms with Gasteiger partial charge in [-0.15, -0.1) is 0 Å². The topological polar surface area (TPSA) is 93.2 Å². The molecule has 2 aromatic carbocycles. The van der Waals surface area contributed by atoms with Gasteiger partial charge >= 0.3 is 5.97 Å². The Bertz CT molecular complexity index is 977. The fourth-order valence-corrected chi connectivity index (χ4v) is 2.25. The molecule has 1 heterocycles. The molecule has 7 nitrogen and oxygen atoms in total. The van der Waals surface area contributed by atoms with Crippen molar-refractivity contribution >= 4 is 29.2 Å². The Balaban J connectivity index is 1.68. The molecular formula is C19H15FN4O3. The van der Waals surface area contributed by atoms with Crippen LogP contribution in [0.1, 0.15) is 20.7 Å². The normalized spacial score (nSPS) is 10.1. The van der Waals surface area contributed by atoms with Gasteiger partial charge in [-0.25, -0.2) is 19.2 Å². The molecule has 0 aliphatic carbocycles. The Kier molecular flexibility index (Phi) is 5.36. The minimum atomic E-state index is -0.498. The van der Waals surface area contributed by atoms with Gasteiger partial charge in [0.2, 0.25) is 5.95 Å². The number of carbonyl (C=O) groups excluding carboxylic acids is 2. The first-order chi connectivity index (χ1) is 13.0. The van der Waals surface area contributed by atoms with E-state index in [1.54, 1.807) is 30.3 Å². The van der Waals surface area contributed by atoms with Crippen molar-refractivity contribution in [3.63, 3.8) is 0 Å². The lowest BCUT2D eigenvalue weighted by atomic mass is 10.2. The number of esters is 1. The summed E-state index contributed by atoms with van der Waals surface area (Å²) < 4.78 is 17.8. The van der Waals surface area contributed by atoms with Crippen LogP contribution in [0.3, 0.4) is 0 Å². The molecule has 0 radical (unpaired) electrons. The first-order valence-corrected chi connectivity index (χ1v) is 7.89. The van der Waals surface area contributed by atoms with Crippen LogP contribution in [0.2, 0.25) is 0 Å². The molecule has 0 atom stereocenters. The SMILES string of the molecule is COC(=O)c1cccc(NC(=O)c2cnc(Nc3cccc(F)c3)nc2)c1. The summed E-state index contributed by atoms with van der Waals surface area (Å²) in [5, 5.41) is 5.50. The molecule has 1 aromatic heterocycles. The van der Waals surface area contributed by atoms with Crippen LogP contribution < -0.4 is 10.6 Å². The van der Waals surface area contributed by atoms with Gasteiger partial charge in [0.05, 0.1) is 18.2 Å². The third kappa shape index (κ3) is 4.63. The van der Waals surface area contributed by atoms with Gasteiger partial charge < -0.3 is 15.4 Å². The van der Waals surface area contributed by atoms with Gasteiger partial charge in [0.1, 0.15) is 5.82 Å². The van der Waals surface area contributed by atoms with Gasteiger partial charge in [-0.05, 0) is 36.4 Å². The summed E-state index contributed by atoms with van der Waals surface area (Å²) in [6.07, 6.45) is 2.68. The second-order valence-electron chi connectivity index (χ2n) is 5.46. The minimum Gasteiger partial charge on any atom is -0.465 e. The second-order valence-corrected chi connectivity index (χ2v) is 5.46. The lowest BCUT2D eigenvalue weighted by Crippen LogP contribution is -2.13. The Hall–Kier alpha value is -3.81. The number of hydrogen-bond acceptors (Lipinski definition) is 6. The summed E-state index contributed by atoms with van der Waals surface area (Å²) >= 11 is 0. The molecule has 0 aliphatic heterocycles. The summed E-state index contributed by atoms with van der Waals surface area (Å²) in [5.41, 5.74) is 1.47. The lowest BCUT2D eigenvalue weighted by Gasteiger charge is -2.08. The molecule has 0 fully saturated rings. The molecule has 27 heavy (non-hydrogen) atoms. The minimum absolute atomic E-state index is 0.225. The van der Waals surface area contributed by atoms with E-state index in [1.807, 2.05) is 0 Å². The van der Waals surface area contributed by atoms with E-state index < -0.39 is 11.9 Å². The molecule has 136 valence electrons. The standard InChI is InChI=1S/C19H15FN4O3/c1-27-18(26)12-4-2-6-15(8-12)23-17(25)13-10-21-19(22-11-13)24-16-7-3-5-14(20)9-16/h2-11H,1H3,(H,23,25)(H,21,22,24). The van der Waals surface area contributed by atoms with Crippen molar-refractivity contribution in [3.8, 4) is 0 Å². The predicted molar refractivity (Wildman–Crippen MR) is 97.4 cm³/mol. The molecule has 0 saturated carbocycles. The largest absolute Gasteiger partial charge is 0.465 e. The smallest absolute Gasteiger partial charge is 0.337 e. The summed E-state index contributed by atoms with van der Waals surface area (Å²) in [4.78, 5) is 31.9. The fraction of sp³-hybridized carbons (Fsp3) is 0.0526. The van der Waals surface area contributed by atoms with Crippen LogP contribution in [0.15, 0.2) is 60.9 Å². The van der Waals surface area contributed by atoms with Gasteiger partial charge in [-0.3, -0.25) is 4.79 Å². The third-order valence-corrected chi connectivity index (χ3v) is 3.54. The zero-order valence-corrected chi connectivity index (χ0v) is 14.3. The maximum absolute atomic E-state index is 13.2. The van der Waals surface area contributed by atoms with Crippen LogP contribution >= 0.6 is 0 Å². The fourth-order valence-electron chi connectivity index (χ4n) is 2.25. The molecule has 3 aromatic rings. The highest BCUT2D eigenvalue weighted by Gasteiger charge is 2.10. The van der Waals surface area contributed by atoms with E-state index >= 15 is 0 Å². The van der Waals surface area contributed by atoms with Crippen molar-refractivity contribution in [1.29, 1.82) is 0 Å². The van der Waals surface area contributed by atoms with Gasteiger partial charge in [0, 0.05) is 23.8 Å². The zero-order chi connectivity index (χ0) is 19.2. The number of halogens is 1. The van der Waals surface area contributed by atoms with Crippen molar-refractivity contribution in [2.75, 3.05) is 17.7 Å². The summed E-state index contributed by atoms with van der Waals surface area (Å²) in [6, 6.07) is 12.2. The van der Waals surface area contributed by atoms with E-state index in [-0.39, 0.29) is 17.3 Å². The van der Waals surface area contributed by atoms with Gasteiger partial charge in [0.15, 0.2) is 0 Å². The molecule has 2 N–H and O–H groups in total. The van der Waals surface area contributed by atoms with Crippen LogP contribution in [0.25, 0.3) is 0 Å². The van der Waals surface area contributed by atoms with Crippen molar-refractivity contribution in [3.05, 3.63) is 77.9 Å². The quantitative estimate of drug-likeness (QED) is 0.672. The predicted octanol–water partition coefficient (Wildman–Crippen LogP) is 3.40. The van der Waals surface area contributed by atoms with Crippen LogP contribution in [0.5, 0.6) is 0 Å². The molecular weight excluding hydrogens is 351 g/mol. The number of benzene rings is 2. The highest BCUT2D eigenvalue weighted by molar-refractivity contribution is 6.04. The van der Waals surface area contributed by atoms with Crippen LogP contribution in [0.4, 0.5) is 21.7 Å². The summed E-state index contributed by atoms with van der Waals surface area (Å²) in [7, 11) is 1.28. The highest BCUT2D eigenvalue weighted by atomic mass is 19.1. The van der Waals surface area contributed by atoms with Crippen molar-refractivity contribution < 1.29 is 18.7 Å². The Morgan fingerprint density at radius 3 is 2.37 bits per heavy atom. The number of carbonyl (C=O) groups is 2. The molecule has 0 saturated heterocycles. The van der Waals surface area contributed by atoms with Crippen LogP contribution in [-0.2, 0) is 4.74 Å². The van der Waals surface area contributed by atoms with E-state index in [4.69, 9.17) is 0 Å². The molecule has 0 spiro atoms. The average Bonchev–Trinajstić information content (AvgIpc) is 2.68. The van der Waals surface area contributed by atoms with E-state index in [2.05, 4.69) is 25.3 Å². The maximum Gasteiger partial charge on any atom is 0.337 e. The number of hydrogen-bond donors (Lipinski definition) is 2. The molecule has 1 amide bonds. The Morgan fingerprint density at radius 1 is 0.963 bits per heavy atom. The third-order valence-electron chi connectivity index (χ3n) is 3.54.